The lowest BCUT2D eigenvalue weighted by atomic mass is 10.1. The van der Waals surface area contributed by atoms with Crippen LogP contribution in [0.5, 0.6) is 0 Å². The van der Waals surface area contributed by atoms with E-state index >= 15 is 0 Å². The smallest absolute Gasteiger partial charge is 0.134 e. The predicted octanol–water partition coefficient (Wildman–Crippen LogP) is 0.490. The van der Waals surface area contributed by atoms with Gasteiger partial charge in [0.05, 0.1) is 0 Å². The van der Waals surface area contributed by atoms with Crippen molar-refractivity contribution in [3.8, 4) is 12.1 Å². The molecule has 1 aliphatic rings. The molecule has 1 saturated heterocycles. The van der Waals surface area contributed by atoms with E-state index in [0.717, 1.165) is 11.1 Å². The molecule has 1 N–H and O–H groups in total. The number of hydrogen-bond donors (Lipinski definition) is 1. The molecule has 0 aromatic carbocycles. The molecule has 0 spiro atoms. The van der Waals surface area contributed by atoms with Gasteiger partial charge in [-0.25, -0.2) is 0 Å². The fourth-order valence-electron chi connectivity index (χ4n) is 0.995. The molecule has 1 heterocycles. The Kier molecular flexibility index (Phi) is 2.06. The quantitative estimate of drug-likeness (QED) is 0.504. The molecule has 0 aromatic heterocycles. The maximum Gasteiger partial charge on any atom is 0.134 e. The highest BCUT2D eigenvalue weighted by molar-refractivity contribution is 5.51. The molecule has 1 rings (SSSR count). The van der Waals surface area contributed by atoms with Crippen LogP contribution in [0, 0.1) is 22.7 Å². The molecule has 0 bridgehead atoms. The van der Waals surface area contributed by atoms with E-state index in [1.807, 2.05) is 12.1 Å². The minimum Gasteiger partial charge on any atom is -0.309 e. The van der Waals surface area contributed by atoms with Crippen LogP contribution in [0.2, 0.25) is 0 Å². The van der Waals surface area contributed by atoms with E-state index < -0.39 is 0 Å². The first-order valence-corrected chi connectivity index (χ1v) is 3.21. The fourth-order valence-corrected chi connectivity index (χ4v) is 0.995. The lowest BCUT2D eigenvalue weighted by molar-refractivity contribution is 0.895. The topological polar surface area (TPSA) is 59.6 Å². The van der Waals surface area contributed by atoms with Crippen LogP contribution in [0.4, 0.5) is 0 Å². The third-order valence-electron chi connectivity index (χ3n) is 1.59. The molecular weight excluding hydrogens is 138 g/mol. The van der Waals surface area contributed by atoms with Crippen molar-refractivity contribution in [2.24, 2.45) is 0 Å². The average Bonchev–Trinajstić information content (AvgIpc) is 2.40. The molecule has 0 atom stereocenters. The van der Waals surface area contributed by atoms with Crippen molar-refractivity contribution in [3.05, 3.63) is 23.3 Å². The molecule has 0 saturated carbocycles. The highest BCUT2D eigenvalue weighted by Crippen LogP contribution is 2.15. The van der Waals surface area contributed by atoms with E-state index in [1.165, 1.54) is 0 Å². The van der Waals surface area contributed by atoms with Gasteiger partial charge in [-0.2, -0.15) is 10.5 Å². The first-order valence-electron chi connectivity index (χ1n) is 3.21. The van der Waals surface area contributed by atoms with Crippen LogP contribution in [0.15, 0.2) is 23.3 Å². The van der Waals surface area contributed by atoms with E-state index in [4.69, 9.17) is 10.5 Å². The summed E-state index contributed by atoms with van der Waals surface area (Å²) in [6.45, 7) is 5.01. The lowest BCUT2D eigenvalue weighted by Crippen LogP contribution is -2.05. The van der Waals surface area contributed by atoms with Crippen LogP contribution < -0.4 is 5.32 Å². The molecule has 54 valence electrons. The Morgan fingerprint density at radius 3 is 2.36 bits per heavy atom. The van der Waals surface area contributed by atoms with E-state index in [9.17, 15) is 0 Å². The third-order valence-corrected chi connectivity index (χ3v) is 1.59. The molecule has 0 radical (unpaired) electrons. The van der Waals surface area contributed by atoms with Crippen molar-refractivity contribution in [2.45, 2.75) is 0 Å². The van der Waals surface area contributed by atoms with E-state index in [-0.39, 0.29) is 5.57 Å². The Morgan fingerprint density at radius 1 is 1.36 bits per heavy atom. The molecule has 1 fully saturated rings. The van der Waals surface area contributed by atoms with Gasteiger partial charge < -0.3 is 5.32 Å². The molecule has 11 heavy (non-hydrogen) atoms. The predicted molar refractivity (Wildman–Crippen MR) is 40.3 cm³/mol. The molecule has 0 aliphatic carbocycles. The van der Waals surface area contributed by atoms with Crippen LogP contribution in [0.1, 0.15) is 0 Å². The highest BCUT2D eigenvalue weighted by atomic mass is 14.9. The van der Waals surface area contributed by atoms with Crippen LogP contribution in [0.25, 0.3) is 0 Å². The summed E-state index contributed by atoms with van der Waals surface area (Å²) in [6, 6.07) is 3.68. The third kappa shape index (κ3) is 1.29. The fraction of sp³-hybridized carbons (Fsp3) is 0.250. The first-order chi connectivity index (χ1) is 5.29. The minimum absolute atomic E-state index is 0.181. The van der Waals surface area contributed by atoms with Gasteiger partial charge in [-0.1, -0.05) is 6.58 Å². The second kappa shape index (κ2) is 3.01. The second-order valence-corrected chi connectivity index (χ2v) is 2.28. The van der Waals surface area contributed by atoms with Crippen molar-refractivity contribution in [1.82, 2.24) is 5.32 Å². The Bertz CT molecular complexity index is 282. The van der Waals surface area contributed by atoms with E-state index in [1.54, 1.807) is 0 Å². The summed E-state index contributed by atoms with van der Waals surface area (Å²) >= 11 is 0. The van der Waals surface area contributed by atoms with Gasteiger partial charge in [0, 0.05) is 13.1 Å². The van der Waals surface area contributed by atoms with Gasteiger partial charge in [0.25, 0.3) is 0 Å². The summed E-state index contributed by atoms with van der Waals surface area (Å²) in [6.07, 6.45) is 0. The Hall–Kier alpha value is -1.58. The van der Waals surface area contributed by atoms with Crippen LogP contribution in [-0.4, -0.2) is 13.1 Å². The van der Waals surface area contributed by atoms with Crippen LogP contribution >= 0.6 is 0 Å². The van der Waals surface area contributed by atoms with Crippen molar-refractivity contribution in [1.29, 1.82) is 10.5 Å². The molecule has 1 aliphatic heterocycles. The zero-order valence-electron chi connectivity index (χ0n) is 6.02. The minimum atomic E-state index is 0.181. The SMILES string of the molecule is C=C1CNCC1=C(C#N)C#N. The lowest BCUT2D eigenvalue weighted by Gasteiger charge is -1.93. The van der Waals surface area contributed by atoms with Crippen molar-refractivity contribution in [2.75, 3.05) is 13.1 Å². The molecule has 3 nitrogen and oxygen atoms in total. The number of rotatable bonds is 0. The Labute approximate surface area is 65.2 Å². The first kappa shape index (κ1) is 7.53. The van der Waals surface area contributed by atoms with Crippen molar-refractivity contribution < 1.29 is 0 Å². The average molecular weight is 145 g/mol. The van der Waals surface area contributed by atoms with Gasteiger partial charge in [-0.15, -0.1) is 0 Å². The number of allylic oxidation sites excluding steroid dienone is 1. The molecule has 0 unspecified atom stereocenters. The summed E-state index contributed by atoms with van der Waals surface area (Å²) in [5.41, 5.74) is 1.79. The molecule has 3 heteroatoms. The summed E-state index contributed by atoms with van der Waals surface area (Å²) in [7, 11) is 0. The van der Waals surface area contributed by atoms with Crippen LogP contribution in [-0.2, 0) is 0 Å². The number of hydrogen-bond acceptors (Lipinski definition) is 3. The summed E-state index contributed by atoms with van der Waals surface area (Å²) in [4.78, 5) is 0. The van der Waals surface area contributed by atoms with Gasteiger partial charge >= 0.3 is 0 Å². The monoisotopic (exact) mass is 145 g/mol. The number of nitrogens with one attached hydrogen (secondary N) is 1. The van der Waals surface area contributed by atoms with E-state index in [0.29, 0.717) is 13.1 Å². The zero-order valence-corrected chi connectivity index (χ0v) is 6.02. The van der Waals surface area contributed by atoms with Crippen molar-refractivity contribution >= 4 is 0 Å². The Balaban J connectivity index is 3.06. The van der Waals surface area contributed by atoms with Gasteiger partial charge in [0.2, 0.25) is 0 Å². The molecular formula is C8H7N3. The second-order valence-electron chi connectivity index (χ2n) is 2.28. The normalized spacial score (nSPS) is 15.8. The maximum absolute atomic E-state index is 8.50. The summed E-state index contributed by atoms with van der Waals surface area (Å²) in [5, 5.41) is 20.0. The van der Waals surface area contributed by atoms with Gasteiger partial charge in [0.1, 0.15) is 17.7 Å². The van der Waals surface area contributed by atoms with Crippen molar-refractivity contribution in [3.63, 3.8) is 0 Å². The highest BCUT2D eigenvalue weighted by Gasteiger charge is 2.14. The summed E-state index contributed by atoms with van der Waals surface area (Å²) < 4.78 is 0. The standard InChI is InChI=1S/C8H7N3/c1-6-4-11-5-8(6)7(2-9)3-10/h11H,1,4-5H2. The van der Waals surface area contributed by atoms with Gasteiger partial charge in [0.15, 0.2) is 0 Å². The van der Waals surface area contributed by atoms with Gasteiger partial charge in [-0.05, 0) is 11.1 Å². The molecule has 0 amide bonds. The van der Waals surface area contributed by atoms with Crippen LogP contribution in [0.3, 0.4) is 0 Å². The summed E-state index contributed by atoms with van der Waals surface area (Å²) in [5.74, 6) is 0. The number of nitriles is 2. The zero-order chi connectivity index (χ0) is 8.27. The number of nitrogens with zero attached hydrogens (tertiary/aromatic N) is 2. The van der Waals surface area contributed by atoms with Gasteiger partial charge in [-0.3, -0.25) is 0 Å². The largest absolute Gasteiger partial charge is 0.309 e. The maximum atomic E-state index is 8.50. The van der Waals surface area contributed by atoms with E-state index in [2.05, 4.69) is 11.9 Å². The molecule has 0 aromatic rings. The Morgan fingerprint density at radius 2 is 2.00 bits per heavy atom.